The molecule has 0 amide bonds. The first-order valence-corrected chi connectivity index (χ1v) is 13.3. The molecule has 1 aliphatic carbocycles. The van der Waals surface area contributed by atoms with Gasteiger partial charge in [0.1, 0.15) is 17.8 Å². The van der Waals surface area contributed by atoms with Gasteiger partial charge in [0.15, 0.2) is 12.6 Å². The summed E-state index contributed by atoms with van der Waals surface area (Å²) in [4.78, 5) is 11.6. The third-order valence-electron chi connectivity index (χ3n) is 7.49. The van der Waals surface area contributed by atoms with Crippen molar-refractivity contribution in [3.63, 3.8) is 0 Å². The van der Waals surface area contributed by atoms with E-state index in [1.54, 1.807) is 6.26 Å². The number of carbonyl (C=O) groups is 1. The highest BCUT2D eigenvalue weighted by Crippen LogP contribution is 2.44. The minimum atomic E-state index is -0.630. The molecule has 1 N–H and O–H groups in total. The Morgan fingerprint density at radius 3 is 2.51 bits per heavy atom. The maximum Gasteiger partial charge on any atom is 0.199 e. The summed E-state index contributed by atoms with van der Waals surface area (Å²) in [5, 5.41) is 10.9. The van der Waals surface area contributed by atoms with Crippen LogP contribution in [0, 0.1) is 17.3 Å². The first kappa shape index (κ1) is 26.4. The van der Waals surface area contributed by atoms with Crippen LogP contribution in [0.4, 0.5) is 0 Å². The monoisotopic (exact) mass is 490 g/mol. The summed E-state index contributed by atoms with van der Waals surface area (Å²) in [5.41, 5.74) is -0.0693. The van der Waals surface area contributed by atoms with Gasteiger partial charge in [-0.1, -0.05) is 13.8 Å². The SMILES string of the molecule is CC(C)(CC=C(OC1CCCCO1)[C@H]1[C@H](CC=O)[C@H](O)C[C@@H]1OC1CCCCO1)Cc1ccco1. The molecule has 4 rings (SSSR count). The van der Waals surface area contributed by atoms with Crippen LogP contribution in [0.5, 0.6) is 0 Å². The maximum atomic E-state index is 11.6. The van der Waals surface area contributed by atoms with Gasteiger partial charge >= 0.3 is 0 Å². The number of furan rings is 1. The summed E-state index contributed by atoms with van der Waals surface area (Å²) in [6.07, 6.45) is 11.4. The quantitative estimate of drug-likeness (QED) is 0.338. The van der Waals surface area contributed by atoms with Gasteiger partial charge in [0.05, 0.1) is 25.1 Å². The molecule has 0 aromatic carbocycles. The Hall–Kier alpha value is -1.67. The number of carbonyl (C=O) groups excluding carboxylic acids is 1. The van der Waals surface area contributed by atoms with Crippen molar-refractivity contribution in [2.45, 2.75) is 103 Å². The van der Waals surface area contributed by atoms with Crippen LogP contribution in [0.2, 0.25) is 0 Å². The van der Waals surface area contributed by atoms with Crippen LogP contribution in [-0.4, -0.2) is 49.4 Å². The van der Waals surface area contributed by atoms with E-state index in [0.717, 1.165) is 69.2 Å². The Balaban J connectivity index is 1.57. The second-order valence-electron chi connectivity index (χ2n) is 11.0. The molecule has 2 saturated heterocycles. The predicted octanol–water partition coefficient (Wildman–Crippen LogP) is 5.16. The lowest BCUT2D eigenvalue weighted by Gasteiger charge is -2.34. The van der Waals surface area contributed by atoms with Crippen LogP contribution >= 0.6 is 0 Å². The van der Waals surface area contributed by atoms with Crippen LogP contribution in [0.15, 0.2) is 34.6 Å². The molecular formula is C28H42O7. The largest absolute Gasteiger partial charge is 0.469 e. The van der Waals surface area contributed by atoms with Crippen LogP contribution < -0.4 is 0 Å². The highest BCUT2D eigenvalue weighted by atomic mass is 16.7. The lowest BCUT2D eigenvalue weighted by Crippen LogP contribution is -2.34. The van der Waals surface area contributed by atoms with E-state index in [2.05, 4.69) is 19.9 Å². The van der Waals surface area contributed by atoms with Crippen molar-refractivity contribution < 1.29 is 33.3 Å². The Morgan fingerprint density at radius 2 is 1.89 bits per heavy atom. The van der Waals surface area contributed by atoms with Gasteiger partial charge in [0.25, 0.3) is 0 Å². The zero-order chi connectivity index (χ0) is 24.7. The summed E-state index contributed by atoms with van der Waals surface area (Å²) in [7, 11) is 0. The number of ether oxygens (including phenoxy) is 4. The Labute approximate surface area is 209 Å². The molecule has 0 radical (unpaired) electrons. The lowest BCUT2D eigenvalue weighted by atomic mass is 9.82. The molecule has 3 aliphatic rings. The molecule has 7 heteroatoms. The zero-order valence-corrected chi connectivity index (χ0v) is 21.2. The number of allylic oxidation sites excluding steroid dienone is 1. The minimum absolute atomic E-state index is 0.0693. The van der Waals surface area contributed by atoms with Crippen molar-refractivity contribution in [1.29, 1.82) is 0 Å². The lowest BCUT2D eigenvalue weighted by molar-refractivity contribution is -0.201. The first-order valence-electron chi connectivity index (χ1n) is 13.3. The van der Waals surface area contributed by atoms with Crippen LogP contribution in [0.1, 0.15) is 77.4 Å². The fourth-order valence-electron chi connectivity index (χ4n) is 5.59. The summed E-state index contributed by atoms with van der Waals surface area (Å²) in [5.74, 6) is 1.23. The molecule has 1 saturated carbocycles. The van der Waals surface area contributed by atoms with Crippen molar-refractivity contribution in [2.75, 3.05) is 13.2 Å². The van der Waals surface area contributed by atoms with Crippen molar-refractivity contribution in [3.05, 3.63) is 36.0 Å². The standard InChI is InChI=1S/C28H42O7/c1-28(2,19-20-8-7-17-31-20)13-11-23(34-25-9-3-5-15-32-25)27-21(12-14-29)22(30)18-24(27)35-26-10-4-6-16-33-26/h7-8,11,14,17,21-22,24-27,30H,3-6,9-10,12-13,15-16,18-19H2,1-2H3/t21-,22-,24+,25?,26?,27-/m1/s1. The molecule has 2 aliphatic heterocycles. The molecule has 0 spiro atoms. The molecule has 35 heavy (non-hydrogen) atoms. The van der Waals surface area contributed by atoms with E-state index in [0.29, 0.717) is 19.6 Å². The molecule has 1 aromatic rings. The average Bonchev–Trinajstić information content (AvgIpc) is 3.46. The maximum absolute atomic E-state index is 11.6. The number of aliphatic hydroxyl groups excluding tert-OH is 1. The second kappa shape index (κ2) is 12.5. The third kappa shape index (κ3) is 7.42. The van der Waals surface area contributed by atoms with Gasteiger partial charge < -0.3 is 33.3 Å². The van der Waals surface area contributed by atoms with Crippen LogP contribution in [0.3, 0.4) is 0 Å². The number of hydrogen-bond acceptors (Lipinski definition) is 7. The van der Waals surface area contributed by atoms with Gasteiger partial charge in [-0.25, -0.2) is 0 Å². The Bertz CT molecular complexity index is 790. The summed E-state index contributed by atoms with van der Waals surface area (Å²) >= 11 is 0. The Kier molecular flexibility index (Phi) is 9.45. The molecular weight excluding hydrogens is 448 g/mol. The first-order chi connectivity index (χ1) is 16.9. The van der Waals surface area contributed by atoms with E-state index in [1.165, 1.54) is 0 Å². The fourth-order valence-corrected chi connectivity index (χ4v) is 5.59. The van der Waals surface area contributed by atoms with Gasteiger partial charge in [-0.05, 0) is 62.1 Å². The molecule has 0 bridgehead atoms. The molecule has 3 fully saturated rings. The molecule has 1 aromatic heterocycles. The number of aliphatic hydroxyl groups is 1. The summed E-state index contributed by atoms with van der Waals surface area (Å²) in [6, 6.07) is 3.91. The normalized spacial score (nSPS) is 32.5. The predicted molar refractivity (Wildman–Crippen MR) is 130 cm³/mol. The molecule has 2 unspecified atom stereocenters. The number of rotatable bonds is 11. The highest BCUT2D eigenvalue weighted by molar-refractivity contribution is 5.50. The number of aldehydes is 1. The van der Waals surface area contributed by atoms with Crippen molar-refractivity contribution >= 4 is 6.29 Å². The second-order valence-corrected chi connectivity index (χ2v) is 11.0. The molecule has 6 atom stereocenters. The van der Waals surface area contributed by atoms with E-state index < -0.39 is 6.10 Å². The van der Waals surface area contributed by atoms with Crippen LogP contribution in [0.25, 0.3) is 0 Å². The summed E-state index contributed by atoms with van der Waals surface area (Å²) < 4.78 is 30.3. The van der Waals surface area contributed by atoms with Gasteiger partial charge in [-0.15, -0.1) is 0 Å². The van der Waals surface area contributed by atoms with Crippen molar-refractivity contribution in [1.82, 2.24) is 0 Å². The van der Waals surface area contributed by atoms with Gasteiger partial charge in [0, 0.05) is 44.1 Å². The van der Waals surface area contributed by atoms with E-state index >= 15 is 0 Å². The minimum Gasteiger partial charge on any atom is -0.469 e. The van der Waals surface area contributed by atoms with Gasteiger partial charge in [0.2, 0.25) is 0 Å². The van der Waals surface area contributed by atoms with Gasteiger partial charge in [-0.3, -0.25) is 0 Å². The molecule has 196 valence electrons. The van der Waals surface area contributed by atoms with Crippen molar-refractivity contribution in [2.24, 2.45) is 17.3 Å². The van der Waals surface area contributed by atoms with Crippen molar-refractivity contribution in [3.8, 4) is 0 Å². The van der Waals surface area contributed by atoms with E-state index in [1.807, 2.05) is 12.1 Å². The van der Waals surface area contributed by atoms with Gasteiger partial charge in [-0.2, -0.15) is 0 Å². The summed E-state index contributed by atoms with van der Waals surface area (Å²) in [6.45, 7) is 5.79. The Morgan fingerprint density at radius 1 is 1.14 bits per heavy atom. The average molecular weight is 491 g/mol. The molecule has 3 heterocycles. The third-order valence-corrected chi connectivity index (χ3v) is 7.49. The molecule has 7 nitrogen and oxygen atoms in total. The number of hydrogen-bond donors (Lipinski definition) is 1. The van der Waals surface area contributed by atoms with E-state index in [4.69, 9.17) is 23.4 Å². The van der Waals surface area contributed by atoms with E-state index in [9.17, 15) is 9.90 Å². The smallest absolute Gasteiger partial charge is 0.199 e. The highest BCUT2D eigenvalue weighted by Gasteiger charge is 2.47. The van der Waals surface area contributed by atoms with E-state index in [-0.39, 0.29) is 42.4 Å². The fraction of sp³-hybridized carbons (Fsp3) is 0.750. The van der Waals surface area contributed by atoms with Crippen LogP contribution in [-0.2, 0) is 30.2 Å². The topological polar surface area (TPSA) is 87.4 Å². The zero-order valence-electron chi connectivity index (χ0n) is 21.2.